The van der Waals surface area contributed by atoms with Crippen molar-refractivity contribution in [2.24, 2.45) is 11.3 Å². The maximum absolute atomic E-state index is 3.80. The molecule has 2 aliphatic rings. The SMILES string of the molecule is CC1(CNC(c2cccs2)C2CC2)CC1. The van der Waals surface area contributed by atoms with Crippen LogP contribution in [0.15, 0.2) is 17.5 Å². The molecule has 2 heteroatoms. The summed E-state index contributed by atoms with van der Waals surface area (Å²) in [5.74, 6) is 0.922. The first kappa shape index (κ1) is 9.86. The fourth-order valence-electron chi connectivity index (χ4n) is 2.14. The van der Waals surface area contributed by atoms with Gasteiger partial charge in [-0.2, -0.15) is 0 Å². The van der Waals surface area contributed by atoms with Gasteiger partial charge in [-0.15, -0.1) is 11.3 Å². The van der Waals surface area contributed by atoms with E-state index in [1.165, 1.54) is 32.2 Å². The van der Waals surface area contributed by atoms with Gasteiger partial charge in [-0.1, -0.05) is 13.0 Å². The number of hydrogen-bond donors (Lipinski definition) is 1. The summed E-state index contributed by atoms with van der Waals surface area (Å²) >= 11 is 1.91. The van der Waals surface area contributed by atoms with Crippen molar-refractivity contribution < 1.29 is 0 Å². The second-order valence-corrected chi connectivity index (χ2v) is 6.50. The van der Waals surface area contributed by atoms with E-state index in [1.807, 2.05) is 11.3 Å². The molecule has 15 heavy (non-hydrogen) atoms. The Labute approximate surface area is 95.9 Å². The largest absolute Gasteiger partial charge is 0.308 e. The van der Waals surface area contributed by atoms with Crippen LogP contribution in [0.3, 0.4) is 0 Å². The van der Waals surface area contributed by atoms with E-state index < -0.39 is 0 Å². The lowest BCUT2D eigenvalue weighted by molar-refractivity contribution is 0.417. The van der Waals surface area contributed by atoms with Crippen LogP contribution < -0.4 is 5.32 Å². The highest BCUT2D eigenvalue weighted by molar-refractivity contribution is 7.10. The van der Waals surface area contributed by atoms with Gasteiger partial charge in [-0.3, -0.25) is 0 Å². The quantitative estimate of drug-likeness (QED) is 0.801. The Bertz CT molecular complexity index is 322. The van der Waals surface area contributed by atoms with Crippen molar-refractivity contribution in [3.63, 3.8) is 0 Å². The first-order chi connectivity index (χ1) is 7.27. The first-order valence-corrected chi connectivity index (χ1v) is 6.92. The standard InChI is InChI=1S/C13H19NS/c1-13(6-7-13)9-14-12(10-4-5-10)11-3-2-8-15-11/h2-3,8,10,12,14H,4-7,9H2,1H3. The molecule has 82 valence electrons. The van der Waals surface area contributed by atoms with Gasteiger partial charge in [0.2, 0.25) is 0 Å². The monoisotopic (exact) mass is 221 g/mol. The van der Waals surface area contributed by atoms with Crippen molar-refractivity contribution in [2.75, 3.05) is 6.54 Å². The third kappa shape index (κ3) is 2.26. The number of hydrogen-bond acceptors (Lipinski definition) is 2. The van der Waals surface area contributed by atoms with Crippen molar-refractivity contribution in [1.29, 1.82) is 0 Å². The second kappa shape index (κ2) is 3.60. The molecular formula is C13H19NS. The Kier molecular flexibility index (Phi) is 2.37. The summed E-state index contributed by atoms with van der Waals surface area (Å²) < 4.78 is 0. The molecule has 1 N–H and O–H groups in total. The van der Waals surface area contributed by atoms with Gasteiger partial charge in [-0.25, -0.2) is 0 Å². The molecule has 1 aromatic heterocycles. The average molecular weight is 221 g/mol. The highest BCUT2D eigenvalue weighted by Gasteiger charge is 2.39. The zero-order valence-corrected chi connectivity index (χ0v) is 10.1. The van der Waals surface area contributed by atoms with Crippen LogP contribution in [-0.2, 0) is 0 Å². The van der Waals surface area contributed by atoms with Gasteiger partial charge < -0.3 is 5.32 Å². The summed E-state index contributed by atoms with van der Waals surface area (Å²) in [6, 6.07) is 5.12. The summed E-state index contributed by atoms with van der Waals surface area (Å²) in [5, 5.41) is 6.00. The molecule has 2 aliphatic carbocycles. The summed E-state index contributed by atoms with van der Waals surface area (Å²) in [6.45, 7) is 3.62. The Morgan fingerprint density at radius 3 is 2.87 bits per heavy atom. The smallest absolute Gasteiger partial charge is 0.0443 e. The fourth-order valence-corrected chi connectivity index (χ4v) is 3.04. The van der Waals surface area contributed by atoms with Crippen LogP contribution in [0.25, 0.3) is 0 Å². The maximum Gasteiger partial charge on any atom is 0.0443 e. The molecule has 3 rings (SSSR count). The zero-order chi connectivity index (χ0) is 10.3. The summed E-state index contributed by atoms with van der Waals surface area (Å²) in [6.07, 6.45) is 5.68. The van der Waals surface area contributed by atoms with Crippen LogP contribution in [0.1, 0.15) is 43.5 Å². The van der Waals surface area contributed by atoms with Crippen LogP contribution in [0, 0.1) is 11.3 Å². The molecule has 1 unspecified atom stereocenters. The molecular weight excluding hydrogens is 202 g/mol. The van der Waals surface area contributed by atoms with Gasteiger partial charge in [0.1, 0.15) is 0 Å². The number of nitrogens with one attached hydrogen (secondary N) is 1. The summed E-state index contributed by atoms with van der Waals surface area (Å²) in [5.41, 5.74) is 0.629. The summed E-state index contributed by atoms with van der Waals surface area (Å²) in [4.78, 5) is 1.54. The molecule has 0 radical (unpaired) electrons. The summed E-state index contributed by atoms with van der Waals surface area (Å²) in [7, 11) is 0. The molecule has 0 amide bonds. The van der Waals surface area contributed by atoms with E-state index in [1.54, 1.807) is 4.88 Å². The molecule has 0 aromatic carbocycles. The Hall–Kier alpha value is -0.340. The van der Waals surface area contributed by atoms with Crippen molar-refractivity contribution in [3.05, 3.63) is 22.4 Å². The molecule has 0 bridgehead atoms. The van der Waals surface area contributed by atoms with Crippen molar-refractivity contribution in [2.45, 2.75) is 38.6 Å². The van der Waals surface area contributed by atoms with E-state index in [-0.39, 0.29) is 0 Å². The van der Waals surface area contributed by atoms with E-state index in [9.17, 15) is 0 Å². The van der Waals surface area contributed by atoms with Crippen LogP contribution in [0.4, 0.5) is 0 Å². The minimum Gasteiger partial charge on any atom is -0.308 e. The Balaban J connectivity index is 1.63. The molecule has 1 heterocycles. The normalized spacial score (nSPS) is 25.1. The molecule has 1 aromatic rings. The van der Waals surface area contributed by atoms with Gasteiger partial charge in [-0.05, 0) is 48.5 Å². The predicted molar refractivity (Wildman–Crippen MR) is 65.1 cm³/mol. The number of rotatable bonds is 5. The average Bonchev–Trinajstić information content (AvgIpc) is 3.11. The lowest BCUT2D eigenvalue weighted by atomic mass is 10.1. The highest BCUT2D eigenvalue weighted by Crippen LogP contribution is 2.47. The van der Waals surface area contributed by atoms with Crippen molar-refractivity contribution in [1.82, 2.24) is 5.32 Å². The predicted octanol–water partition coefficient (Wildman–Crippen LogP) is 3.59. The third-order valence-electron chi connectivity index (χ3n) is 3.80. The minimum atomic E-state index is 0.629. The third-order valence-corrected chi connectivity index (χ3v) is 4.75. The van der Waals surface area contributed by atoms with E-state index in [0.717, 1.165) is 5.92 Å². The fraction of sp³-hybridized carbons (Fsp3) is 0.692. The first-order valence-electron chi connectivity index (χ1n) is 6.04. The Morgan fingerprint density at radius 2 is 2.33 bits per heavy atom. The molecule has 2 saturated carbocycles. The van der Waals surface area contributed by atoms with Crippen LogP contribution in [0.2, 0.25) is 0 Å². The van der Waals surface area contributed by atoms with Gasteiger partial charge in [0.15, 0.2) is 0 Å². The lowest BCUT2D eigenvalue weighted by Crippen LogP contribution is -2.27. The van der Waals surface area contributed by atoms with Gasteiger partial charge in [0.25, 0.3) is 0 Å². The molecule has 2 fully saturated rings. The molecule has 0 saturated heterocycles. The topological polar surface area (TPSA) is 12.0 Å². The van der Waals surface area contributed by atoms with Gasteiger partial charge in [0, 0.05) is 17.5 Å². The van der Waals surface area contributed by atoms with Crippen molar-refractivity contribution in [3.8, 4) is 0 Å². The van der Waals surface area contributed by atoms with E-state index in [2.05, 4.69) is 29.8 Å². The van der Waals surface area contributed by atoms with Crippen LogP contribution in [-0.4, -0.2) is 6.54 Å². The van der Waals surface area contributed by atoms with E-state index >= 15 is 0 Å². The van der Waals surface area contributed by atoms with Gasteiger partial charge >= 0.3 is 0 Å². The molecule has 1 atom stereocenters. The van der Waals surface area contributed by atoms with Crippen molar-refractivity contribution >= 4 is 11.3 Å². The second-order valence-electron chi connectivity index (χ2n) is 5.52. The van der Waals surface area contributed by atoms with Crippen LogP contribution in [0.5, 0.6) is 0 Å². The maximum atomic E-state index is 3.80. The number of thiophene rings is 1. The molecule has 1 nitrogen and oxygen atoms in total. The van der Waals surface area contributed by atoms with Crippen LogP contribution >= 0.6 is 11.3 Å². The van der Waals surface area contributed by atoms with E-state index in [4.69, 9.17) is 0 Å². The lowest BCUT2D eigenvalue weighted by Gasteiger charge is -2.19. The molecule has 0 aliphatic heterocycles. The highest BCUT2D eigenvalue weighted by atomic mass is 32.1. The Morgan fingerprint density at radius 1 is 1.53 bits per heavy atom. The minimum absolute atomic E-state index is 0.629. The van der Waals surface area contributed by atoms with Gasteiger partial charge in [0.05, 0.1) is 0 Å². The zero-order valence-electron chi connectivity index (χ0n) is 9.33. The molecule has 0 spiro atoms. The van der Waals surface area contributed by atoms with E-state index in [0.29, 0.717) is 11.5 Å².